The van der Waals surface area contributed by atoms with Gasteiger partial charge in [-0.3, -0.25) is 4.79 Å². The van der Waals surface area contributed by atoms with Gasteiger partial charge in [-0.05, 0) is 88.4 Å². The summed E-state index contributed by atoms with van der Waals surface area (Å²) in [5.41, 5.74) is 0.991. The second-order valence-electron chi connectivity index (χ2n) is 7.98. The SMILES string of the molecule is CCOc1ccc(NC(=S)N2[C@@H]3CCC[C@@H]2CC(NC(=O)C2CC2)C3)cc1. The van der Waals surface area contributed by atoms with E-state index < -0.39 is 0 Å². The molecule has 2 aliphatic heterocycles. The van der Waals surface area contributed by atoms with E-state index in [1.807, 2.05) is 31.2 Å². The van der Waals surface area contributed by atoms with Crippen LogP contribution in [0, 0.1) is 5.92 Å². The smallest absolute Gasteiger partial charge is 0.223 e. The maximum absolute atomic E-state index is 12.2. The van der Waals surface area contributed by atoms with Crippen molar-refractivity contribution >= 4 is 28.9 Å². The van der Waals surface area contributed by atoms with Crippen LogP contribution in [0.2, 0.25) is 0 Å². The molecule has 0 radical (unpaired) electrons. The molecule has 2 bridgehead atoms. The molecule has 6 heteroatoms. The molecule has 4 rings (SSSR count). The van der Waals surface area contributed by atoms with Gasteiger partial charge in [-0.2, -0.15) is 0 Å². The third-order valence-electron chi connectivity index (χ3n) is 5.92. The van der Waals surface area contributed by atoms with Gasteiger partial charge in [0.1, 0.15) is 5.75 Å². The standard InChI is InChI=1S/C21H29N3O2S/c1-2-26-19-10-8-15(9-11-19)23-21(27)24-17-4-3-5-18(24)13-16(12-17)22-20(25)14-6-7-14/h8-11,14,16-18H,2-7,12-13H2,1H3,(H,22,25)(H,23,27)/t17-,18-/m1/s1. The Balaban J connectivity index is 1.37. The van der Waals surface area contributed by atoms with Crippen molar-refractivity contribution in [1.29, 1.82) is 0 Å². The number of amides is 1. The highest BCUT2D eigenvalue weighted by Gasteiger charge is 2.41. The molecule has 1 aromatic carbocycles. The number of nitrogens with one attached hydrogen (secondary N) is 2. The first kappa shape index (κ1) is 18.5. The minimum Gasteiger partial charge on any atom is -0.494 e. The first-order valence-electron chi connectivity index (χ1n) is 10.3. The van der Waals surface area contributed by atoms with Crippen molar-refractivity contribution in [3.05, 3.63) is 24.3 Å². The summed E-state index contributed by atoms with van der Waals surface area (Å²) in [7, 11) is 0. The molecule has 2 atom stereocenters. The van der Waals surface area contributed by atoms with Crippen LogP contribution >= 0.6 is 12.2 Å². The van der Waals surface area contributed by atoms with E-state index in [0.717, 1.165) is 55.1 Å². The number of hydrogen-bond donors (Lipinski definition) is 2. The molecule has 2 heterocycles. The van der Waals surface area contributed by atoms with Crippen LogP contribution in [0.15, 0.2) is 24.3 Å². The molecule has 5 nitrogen and oxygen atoms in total. The van der Waals surface area contributed by atoms with Crippen molar-refractivity contribution in [1.82, 2.24) is 10.2 Å². The number of fused-ring (bicyclic) bond motifs is 2. The van der Waals surface area contributed by atoms with Gasteiger partial charge in [-0.25, -0.2) is 0 Å². The largest absolute Gasteiger partial charge is 0.494 e. The van der Waals surface area contributed by atoms with Gasteiger partial charge in [-0.15, -0.1) is 0 Å². The maximum Gasteiger partial charge on any atom is 0.223 e. The average molecular weight is 388 g/mol. The third-order valence-corrected chi connectivity index (χ3v) is 6.23. The lowest BCUT2D eigenvalue weighted by molar-refractivity contribution is -0.123. The summed E-state index contributed by atoms with van der Waals surface area (Å²) in [6.45, 7) is 2.65. The molecule has 3 fully saturated rings. The van der Waals surface area contributed by atoms with E-state index >= 15 is 0 Å². The lowest BCUT2D eigenvalue weighted by atomic mass is 9.82. The molecular weight excluding hydrogens is 358 g/mol. The van der Waals surface area contributed by atoms with Gasteiger partial charge in [0.15, 0.2) is 5.11 Å². The quantitative estimate of drug-likeness (QED) is 0.755. The van der Waals surface area contributed by atoms with E-state index in [2.05, 4.69) is 15.5 Å². The molecule has 0 unspecified atom stereocenters. The molecule has 3 aliphatic rings. The van der Waals surface area contributed by atoms with Gasteiger partial charge in [0.25, 0.3) is 0 Å². The van der Waals surface area contributed by atoms with Crippen LogP contribution in [-0.2, 0) is 4.79 Å². The number of ether oxygens (including phenoxy) is 1. The van der Waals surface area contributed by atoms with E-state index in [-0.39, 0.29) is 11.8 Å². The Morgan fingerprint density at radius 3 is 2.41 bits per heavy atom. The van der Waals surface area contributed by atoms with Crippen LogP contribution < -0.4 is 15.4 Å². The summed E-state index contributed by atoms with van der Waals surface area (Å²) in [5, 5.41) is 7.51. The van der Waals surface area contributed by atoms with E-state index in [0.29, 0.717) is 24.7 Å². The fraction of sp³-hybridized carbons (Fsp3) is 0.619. The van der Waals surface area contributed by atoms with E-state index in [4.69, 9.17) is 17.0 Å². The van der Waals surface area contributed by atoms with E-state index in [1.54, 1.807) is 0 Å². The molecule has 27 heavy (non-hydrogen) atoms. The second-order valence-corrected chi connectivity index (χ2v) is 8.37. The number of rotatable bonds is 5. The molecule has 1 saturated carbocycles. The van der Waals surface area contributed by atoms with Crippen LogP contribution in [-0.4, -0.2) is 40.7 Å². The zero-order valence-corrected chi connectivity index (χ0v) is 16.8. The third kappa shape index (κ3) is 4.37. The fourth-order valence-corrected chi connectivity index (χ4v) is 4.90. The number of thiocarbonyl (C=S) groups is 1. The van der Waals surface area contributed by atoms with Crippen LogP contribution in [0.4, 0.5) is 5.69 Å². The van der Waals surface area contributed by atoms with Crippen molar-refractivity contribution in [3.63, 3.8) is 0 Å². The van der Waals surface area contributed by atoms with E-state index in [1.165, 1.54) is 6.42 Å². The Morgan fingerprint density at radius 1 is 1.15 bits per heavy atom. The van der Waals surface area contributed by atoms with Crippen molar-refractivity contribution in [2.75, 3.05) is 11.9 Å². The van der Waals surface area contributed by atoms with E-state index in [9.17, 15) is 4.79 Å². The fourth-order valence-electron chi connectivity index (χ4n) is 4.48. The highest BCUT2D eigenvalue weighted by molar-refractivity contribution is 7.80. The number of hydrogen-bond acceptors (Lipinski definition) is 3. The molecule has 0 spiro atoms. The minimum absolute atomic E-state index is 0.265. The first-order valence-corrected chi connectivity index (χ1v) is 10.7. The van der Waals surface area contributed by atoms with Crippen molar-refractivity contribution in [3.8, 4) is 5.75 Å². The summed E-state index contributed by atoms with van der Waals surface area (Å²) in [6, 6.07) is 9.10. The highest BCUT2D eigenvalue weighted by atomic mass is 32.1. The molecule has 146 valence electrons. The highest BCUT2D eigenvalue weighted by Crippen LogP contribution is 2.36. The number of carbonyl (C=O) groups is 1. The van der Waals surface area contributed by atoms with Crippen molar-refractivity contribution < 1.29 is 9.53 Å². The number of piperidine rings is 2. The van der Waals surface area contributed by atoms with Crippen LogP contribution in [0.3, 0.4) is 0 Å². The maximum atomic E-state index is 12.2. The molecule has 2 N–H and O–H groups in total. The number of benzene rings is 1. The summed E-state index contributed by atoms with van der Waals surface area (Å²) in [5.74, 6) is 1.42. The van der Waals surface area contributed by atoms with Gasteiger partial charge in [0, 0.05) is 29.7 Å². The van der Waals surface area contributed by atoms with Gasteiger partial charge in [-0.1, -0.05) is 0 Å². The summed E-state index contributed by atoms with van der Waals surface area (Å²) in [4.78, 5) is 14.5. The zero-order chi connectivity index (χ0) is 18.8. The minimum atomic E-state index is 0.265. The predicted molar refractivity (Wildman–Crippen MR) is 111 cm³/mol. The van der Waals surface area contributed by atoms with Crippen LogP contribution in [0.5, 0.6) is 5.75 Å². The molecule has 0 aromatic heterocycles. The Kier molecular flexibility index (Phi) is 5.53. The molecule has 2 saturated heterocycles. The predicted octanol–water partition coefficient (Wildman–Crippen LogP) is 3.69. The second kappa shape index (κ2) is 8.05. The van der Waals surface area contributed by atoms with Crippen molar-refractivity contribution in [2.24, 2.45) is 5.92 Å². The lowest BCUT2D eigenvalue weighted by Crippen LogP contribution is -2.59. The molecule has 1 aliphatic carbocycles. The monoisotopic (exact) mass is 387 g/mol. The first-order chi connectivity index (χ1) is 13.1. The summed E-state index contributed by atoms with van der Waals surface area (Å²) in [6.07, 6.45) is 7.68. The molecule has 1 aromatic rings. The molecular formula is C21H29N3O2S. The summed E-state index contributed by atoms with van der Waals surface area (Å²) < 4.78 is 5.50. The summed E-state index contributed by atoms with van der Waals surface area (Å²) >= 11 is 5.77. The number of anilines is 1. The normalized spacial score (nSPS) is 27.0. The van der Waals surface area contributed by atoms with Gasteiger partial charge in [0.2, 0.25) is 5.91 Å². The van der Waals surface area contributed by atoms with Gasteiger partial charge >= 0.3 is 0 Å². The topological polar surface area (TPSA) is 53.6 Å². The van der Waals surface area contributed by atoms with Gasteiger partial charge < -0.3 is 20.3 Å². The molecule has 1 amide bonds. The Morgan fingerprint density at radius 2 is 1.81 bits per heavy atom. The van der Waals surface area contributed by atoms with Crippen molar-refractivity contribution in [2.45, 2.75) is 70.0 Å². The Bertz CT molecular complexity index is 675. The van der Waals surface area contributed by atoms with Gasteiger partial charge in [0.05, 0.1) is 6.61 Å². The van der Waals surface area contributed by atoms with Crippen LogP contribution in [0.1, 0.15) is 51.9 Å². The number of nitrogens with zero attached hydrogens (tertiary/aromatic N) is 1. The van der Waals surface area contributed by atoms with Crippen LogP contribution in [0.25, 0.3) is 0 Å². The number of carbonyl (C=O) groups excluding carboxylic acids is 1. The zero-order valence-electron chi connectivity index (χ0n) is 15.9. The Hall–Kier alpha value is -1.82. The Labute approximate surface area is 166 Å². The average Bonchev–Trinajstić information content (AvgIpc) is 3.48. The lowest BCUT2D eigenvalue weighted by Gasteiger charge is -2.50.